The molecule has 1 nitrogen and oxygen atoms in total. The van der Waals surface area contributed by atoms with Gasteiger partial charge in [-0.3, -0.25) is 0 Å². The van der Waals surface area contributed by atoms with Crippen molar-refractivity contribution in [1.82, 2.24) is 0 Å². The highest BCUT2D eigenvalue weighted by molar-refractivity contribution is 5.45. The molecular formula is C11H10F3N. The second-order valence-electron chi connectivity index (χ2n) is 2.96. The van der Waals surface area contributed by atoms with Crippen molar-refractivity contribution >= 4 is 5.69 Å². The van der Waals surface area contributed by atoms with Gasteiger partial charge in [0.2, 0.25) is 0 Å². The molecule has 1 aromatic rings. The fourth-order valence-electron chi connectivity index (χ4n) is 1.06. The Bertz CT molecular complexity index is 346. The largest absolute Gasteiger partial charge is 0.416 e. The summed E-state index contributed by atoms with van der Waals surface area (Å²) in [5.74, 6) is 2.43. The van der Waals surface area contributed by atoms with Gasteiger partial charge >= 0.3 is 6.18 Å². The van der Waals surface area contributed by atoms with Gasteiger partial charge in [0.15, 0.2) is 0 Å². The van der Waals surface area contributed by atoms with E-state index in [0.717, 1.165) is 12.1 Å². The van der Waals surface area contributed by atoms with E-state index in [4.69, 9.17) is 6.42 Å². The normalized spacial score (nSPS) is 10.8. The van der Waals surface area contributed by atoms with E-state index in [1.807, 2.05) is 0 Å². The van der Waals surface area contributed by atoms with Crippen LogP contribution in [0.5, 0.6) is 0 Å². The van der Waals surface area contributed by atoms with Crippen LogP contribution in [0, 0.1) is 12.3 Å². The molecule has 0 unspecified atom stereocenters. The minimum absolute atomic E-state index is 0.543. The number of anilines is 1. The third-order valence-electron chi connectivity index (χ3n) is 1.81. The second-order valence-corrected chi connectivity index (χ2v) is 2.96. The van der Waals surface area contributed by atoms with Crippen molar-refractivity contribution in [2.75, 3.05) is 11.9 Å². The first-order valence-corrected chi connectivity index (χ1v) is 4.38. The van der Waals surface area contributed by atoms with Crippen molar-refractivity contribution in [2.45, 2.75) is 12.6 Å². The molecule has 0 amide bonds. The molecule has 0 bridgehead atoms. The molecule has 0 fully saturated rings. The monoisotopic (exact) mass is 213 g/mol. The molecule has 1 N–H and O–H groups in total. The zero-order chi connectivity index (χ0) is 11.3. The highest BCUT2D eigenvalue weighted by Gasteiger charge is 2.29. The molecule has 0 atom stereocenters. The van der Waals surface area contributed by atoms with Gasteiger partial charge in [0.05, 0.1) is 5.56 Å². The molecule has 0 aliphatic rings. The Morgan fingerprint density at radius 1 is 1.20 bits per heavy atom. The van der Waals surface area contributed by atoms with Crippen LogP contribution in [0.15, 0.2) is 24.3 Å². The summed E-state index contributed by atoms with van der Waals surface area (Å²) in [6, 6.07) is 4.86. The van der Waals surface area contributed by atoms with E-state index in [0.29, 0.717) is 18.7 Å². The molecule has 80 valence electrons. The SMILES string of the molecule is C#CCCNc1ccc(C(F)(F)F)cc1. The molecule has 0 saturated heterocycles. The summed E-state index contributed by atoms with van der Waals surface area (Å²) in [6.45, 7) is 0.557. The maximum atomic E-state index is 12.2. The van der Waals surface area contributed by atoms with Crippen LogP contribution < -0.4 is 5.32 Å². The van der Waals surface area contributed by atoms with Gasteiger partial charge in [0.25, 0.3) is 0 Å². The fraction of sp³-hybridized carbons (Fsp3) is 0.273. The maximum absolute atomic E-state index is 12.2. The van der Waals surface area contributed by atoms with Crippen LogP contribution in [0.1, 0.15) is 12.0 Å². The van der Waals surface area contributed by atoms with Crippen LogP contribution in [0.4, 0.5) is 18.9 Å². The number of alkyl halides is 3. The van der Waals surface area contributed by atoms with E-state index < -0.39 is 11.7 Å². The average molecular weight is 213 g/mol. The predicted octanol–water partition coefficient (Wildman–Crippen LogP) is 3.14. The predicted molar refractivity (Wildman–Crippen MR) is 53.4 cm³/mol. The average Bonchev–Trinajstić information content (AvgIpc) is 2.18. The molecule has 0 radical (unpaired) electrons. The van der Waals surface area contributed by atoms with E-state index in [9.17, 15) is 13.2 Å². The Balaban J connectivity index is 2.61. The van der Waals surface area contributed by atoms with Crippen molar-refractivity contribution in [2.24, 2.45) is 0 Å². The molecule has 1 rings (SSSR count). The van der Waals surface area contributed by atoms with E-state index in [-0.39, 0.29) is 0 Å². The van der Waals surface area contributed by atoms with Crippen molar-refractivity contribution in [1.29, 1.82) is 0 Å². The Morgan fingerprint density at radius 3 is 2.27 bits per heavy atom. The fourth-order valence-corrected chi connectivity index (χ4v) is 1.06. The summed E-state index contributed by atoms with van der Waals surface area (Å²) < 4.78 is 36.5. The van der Waals surface area contributed by atoms with Gasteiger partial charge in [-0.25, -0.2) is 0 Å². The number of halogens is 3. The minimum atomic E-state index is -4.28. The molecule has 0 aliphatic heterocycles. The topological polar surface area (TPSA) is 12.0 Å². The number of terminal acetylenes is 1. The van der Waals surface area contributed by atoms with Crippen molar-refractivity contribution < 1.29 is 13.2 Å². The van der Waals surface area contributed by atoms with Gasteiger partial charge < -0.3 is 5.32 Å². The maximum Gasteiger partial charge on any atom is 0.416 e. The molecule has 0 heterocycles. The van der Waals surface area contributed by atoms with Crippen LogP contribution in [-0.4, -0.2) is 6.54 Å². The van der Waals surface area contributed by atoms with Gasteiger partial charge in [-0.1, -0.05) is 0 Å². The lowest BCUT2D eigenvalue weighted by Gasteiger charge is -2.08. The van der Waals surface area contributed by atoms with Crippen LogP contribution in [0.2, 0.25) is 0 Å². The van der Waals surface area contributed by atoms with Crippen LogP contribution in [0.3, 0.4) is 0 Å². The first-order valence-electron chi connectivity index (χ1n) is 4.38. The smallest absolute Gasteiger partial charge is 0.384 e. The third-order valence-corrected chi connectivity index (χ3v) is 1.81. The number of hydrogen-bond acceptors (Lipinski definition) is 1. The number of hydrogen-bond donors (Lipinski definition) is 1. The van der Waals surface area contributed by atoms with Crippen LogP contribution in [-0.2, 0) is 6.18 Å². The molecule has 4 heteroatoms. The van der Waals surface area contributed by atoms with Gasteiger partial charge in [-0.2, -0.15) is 13.2 Å². The zero-order valence-electron chi connectivity index (χ0n) is 7.93. The number of rotatable bonds is 3. The first kappa shape index (κ1) is 11.4. The summed E-state index contributed by atoms with van der Waals surface area (Å²) in [4.78, 5) is 0. The highest BCUT2D eigenvalue weighted by Crippen LogP contribution is 2.29. The molecule has 0 aliphatic carbocycles. The van der Waals surface area contributed by atoms with E-state index in [2.05, 4.69) is 11.2 Å². The van der Waals surface area contributed by atoms with Crippen molar-refractivity contribution in [3.05, 3.63) is 29.8 Å². The molecular weight excluding hydrogens is 203 g/mol. The van der Waals surface area contributed by atoms with E-state index in [1.54, 1.807) is 0 Å². The Morgan fingerprint density at radius 2 is 1.80 bits per heavy atom. The molecule has 0 aromatic heterocycles. The lowest BCUT2D eigenvalue weighted by atomic mass is 10.2. The summed E-state index contributed by atoms with van der Waals surface area (Å²) in [5, 5.41) is 2.91. The highest BCUT2D eigenvalue weighted by atomic mass is 19.4. The number of benzene rings is 1. The Hall–Kier alpha value is -1.63. The number of nitrogens with one attached hydrogen (secondary N) is 1. The van der Waals surface area contributed by atoms with Crippen LogP contribution in [0.25, 0.3) is 0 Å². The third kappa shape index (κ3) is 3.55. The molecule has 0 spiro atoms. The minimum Gasteiger partial charge on any atom is -0.384 e. The van der Waals surface area contributed by atoms with Crippen LogP contribution >= 0.6 is 0 Å². The quantitative estimate of drug-likeness (QED) is 0.600. The molecule has 0 saturated carbocycles. The van der Waals surface area contributed by atoms with E-state index in [1.165, 1.54) is 12.1 Å². The lowest BCUT2D eigenvalue weighted by molar-refractivity contribution is -0.137. The zero-order valence-corrected chi connectivity index (χ0v) is 7.93. The standard InChI is InChI=1S/C11H10F3N/c1-2-3-8-15-10-6-4-9(5-7-10)11(12,13)14/h1,4-7,15H,3,8H2. The summed E-state index contributed by atoms with van der Waals surface area (Å²) >= 11 is 0. The molecule has 1 aromatic carbocycles. The van der Waals surface area contributed by atoms with Gasteiger partial charge in [0.1, 0.15) is 0 Å². The van der Waals surface area contributed by atoms with Crippen molar-refractivity contribution in [3.8, 4) is 12.3 Å². The lowest BCUT2D eigenvalue weighted by Crippen LogP contribution is -2.05. The Labute approximate surface area is 86.3 Å². The molecule has 15 heavy (non-hydrogen) atoms. The second kappa shape index (κ2) is 4.74. The van der Waals surface area contributed by atoms with E-state index >= 15 is 0 Å². The van der Waals surface area contributed by atoms with Crippen molar-refractivity contribution in [3.63, 3.8) is 0 Å². The summed E-state index contributed by atoms with van der Waals surface area (Å²) in [7, 11) is 0. The first-order chi connectivity index (χ1) is 7.04. The van der Waals surface area contributed by atoms with Gasteiger partial charge in [-0.05, 0) is 24.3 Å². The summed E-state index contributed by atoms with van der Waals surface area (Å²) in [5.41, 5.74) is -0.0109. The summed E-state index contributed by atoms with van der Waals surface area (Å²) in [6.07, 6.45) is 1.30. The Kier molecular flexibility index (Phi) is 3.62. The van der Waals surface area contributed by atoms with Gasteiger partial charge in [-0.15, -0.1) is 12.3 Å². The van der Waals surface area contributed by atoms with Gasteiger partial charge in [0, 0.05) is 18.7 Å².